The third-order valence-electron chi connectivity index (χ3n) is 3.98. The number of nitrogens with zero attached hydrogens (tertiary/aromatic N) is 3. The standard InChI is InChI=1S/C17H22N4O3/c1-20(2)16(22)14-9-13(6-7-15(14)24-3)19-17(23)21-8-4-5-12(10-18)11-21/h6-7,9,12H,4-5,8,11H2,1-3H3,(H,19,23). The highest BCUT2D eigenvalue weighted by atomic mass is 16.5. The predicted molar refractivity (Wildman–Crippen MR) is 89.9 cm³/mol. The topological polar surface area (TPSA) is 85.7 Å². The lowest BCUT2D eigenvalue weighted by molar-refractivity contribution is 0.0824. The van der Waals surface area contributed by atoms with E-state index in [9.17, 15) is 9.59 Å². The van der Waals surface area contributed by atoms with Crippen LogP contribution in [0, 0.1) is 17.2 Å². The number of nitrogens with one attached hydrogen (secondary N) is 1. The van der Waals surface area contributed by atoms with Gasteiger partial charge in [0.1, 0.15) is 5.75 Å². The number of carbonyl (C=O) groups excluding carboxylic acids is 2. The van der Waals surface area contributed by atoms with Crippen LogP contribution in [0.5, 0.6) is 5.75 Å². The number of urea groups is 1. The molecule has 2 rings (SSSR count). The van der Waals surface area contributed by atoms with Crippen LogP contribution in [0.15, 0.2) is 18.2 Å². The monoisotopic (exact) mass is 330 g/mol. The molecule has 0 bridgehead atoms. The number of benzene rings is 1. The molecule has 1 heterocycles. The third kappa shape index (κ3) is 3.96. The van der Waals surface area contributed by atoms with Crippen LogP contribution in [-0.2, 0) is 0 Å². The van der Waals surface area contributed by atoms with Gasteiger partial charge in [0.15, 0.2) is 0 Å². The van der Waals surface area contributed by atoms with Gasteiger partial charge < -0.3 is 19.9 Å². The SMILES string of the molecule is COc1ccc(NC(=O)N2CCCC(C#N)C2)cc1C(=O)N(C)C. The molecule has 128 valence electrons. The number of nitriles is 1. The van der Waals surface area contributed by atoms with E-state index in [2.05, 4.69) is 11.4 Å². The van der Waals surface area contributed by atoms with Crippen molar-refractivity contribution < 1.29 is 14.3 Å². The van der Waals surface area contributed by atoms with Gasteiger partial charge >= 0.3 is 6.03 Å². The molecular weight excluding hydrogens is 308 g/mol. The second kappa shape index (κ2) is 7.68. The maximum Gasteiger partial charge on any atom is 0.321 e. The second-order valence-corrected chi connectivity index (χ2v) is 5.96. The van der Waals surface area contributed by atoms with Crippen molar-refractivity contribution in [2.24, 2.45) is 5.92 Å². The first-order chi connectivity index (χ1) is 11.5. The molecule has 1 aromatic rings. The molecule has 0 spiro atoms. The maximum atomic E-state index is 12.4. The predicted octanol–water partition coefficient (Wildman–Crippen LogP) is 2.16. The van der Waals surface area contributed by atoms with Gasteiger partial charge in [-0.15, -0.1) is 0 Å². The Bertz CT molecular complexity index is 666. The van der Waals surface area contributed by atoms with Crippen molar-refractivity contribution in [2.75, 3.05) is 39.6 Å². The van der Waals surface area contributed by atoms with E-state index in [-0.39, 0.29) is 17.9 Å². The van der Waals surface area contributed by atoms with E-state index in [0.29, 0.717) is 30.1 Å². The highest BCUT2D eigenvalue weighted by Gasteiger charge is 2.24. The zero-order valence-electron chi connectivity index (χ0n) is 14.2. The summed E-state index contributed by atoms with van der Waals surface area (Å²) in [5, 5.41) is 11.8. The largest absolute Gasteiger partial charge is 0.496 e. The van der Waals surface area contributed by atoms with Crippen LogP contribution in [0.1, 0.15) is 23.2 Å². The number of hydrogen-bond donors (Lipinski definition) is 1. The van der Waals surface area contributed by atoms with Crippen molar-refractivity contribution in [1.29, 1.82) is 5.26 Å². The maximum absolute atomic E-state index is 12.4. The molecule has 1 saturated heterocycles. The summed E-state index contributed by atoms with van der Waals surface area (Å²) in [6.07, 6.45) is 1.64. The van der Waals surface area contributed by atoms with Crippen LogP contribution >= 0.6 is 0 Å². The Morgan fingerprint density at radius 1 is 1.42 bits per heavy atom. The normalized spacial score (nSPS) is 16.9. The first-order valence-electron chi connectivity index (χ1n) is 7.81. The number of carbonyl (C=O) groups is 2. The molecule has 1 atom stereocenters. The summed E-state index contributed by atoms with van der Waals surface area (Å²) in [6.45, 7) is 1.06. The molecule has 1 unspecified atom stereocenters. The fourth-order valence-electron chi connectivity index (χ4n) is 2.66. The average Bonchev–Trinajstić information content (AvgIpc) is 2.60. The smallest absolute Gasteiger partial charge is 0.321 e. The summed E-state index contributed by atoms with van der Waals surface area (Å²) < 4.78 is 5.21. The Kier molecular flexibility index (Phi) is 5.64. The van der Waals surface area contributed by atoms with Gasteiger partial charge in [0, 0.05) is 32.9 Å². The number of piperidine rings is 1. The second-order valence-electron chi connectivity index (χ2n) is 5.96. The Balaban J connectivity index is 2.15. The van der Waals surface area contributed by atoms with E-state index in [1.165, 1.54) is 12.0 Å². The number of amides is 3. The quantitative estimate of drug-likeness (QED) is 0.920. The number of hydrogen-bond acceptors (Lipinski definition) is 4. The van der Waals surface area contributed by atoms with Crippen molar-refractivity contribution >= 4 is 17.6 Å². The van der Waals surface area contributed by atoms with Crippen LogP contribution in [0.4, 0.5) is 10.5 Å². The molecule has 1 fully saturated rings. The van der Waals surface area contributed by atoms with E-state index >= 15 is 0 Å². The zero-order chi connectivity index (χ0) is 17.7. The van der Waals surface area contributed by atoms with Crippen molar-refractivity contribution in [1.82, 2.24) is 9.80 Å². The summed E-state index contributed by atoms with van der Waals surface area (Å²) in [6, 6.07) is 6.90. The molecule has 7 nitrogen and oxygen atoms in total. The minimum atomic E-state index is -0.261. The van der Waals surface area contributed by atoms with Gasteiger partial charge in [-0.2, -0.15) is 5.26 Å². The minimum Gasteiger partial charge on any atom is -0.496 e. The molecule has 0 radical (unpaired) electrons. The van der Waals surface area contributed by atoms with Crippen molar-refractivity contribution in [3.63, 3.8) is 0 Å². The fraction of sp³-hybridized carbons (Fsp3) is 0.471. The molecule has 1 aromatic carbocycles. The van der Waals surface area contributed by atoms with Gasteiger partial charge in [0.25, 0.3) is 5.91 Å². The lowest BCUT2D eigenvalue weighted by Gasteiger charge is -2.29. The molecule has 0 saturated carbocycles. The summed E-state index contributed by atoms with van der Waals surface area (Å²) >= 11 is 0. The fourth-order valence-corrected chi connectivity index (χ4v) is 2.66. The Labute approximate surface area is 141 Å². The summed E-state index contributed by atoms with van der Waals surface area (Å²) in [7, 11) is 4.81. The molecule has 24 heavy (non-hydrogen) atoms. The van der Waals surface area contributed by atoms with Crippen LogP contribution in [0.2, 0.25) is 0 Å². The van der Waals surface area contributed by atoms with Gasteiger partial charge in [0.2, 0.25) is 0 Å². The molecule has 0 aromatic heterocycles. The molecule has 1 aliphatic rings. The van der Waals surface area contributed by atoms with Crippen LogP contribution in [0.3, 0.4) is 0 Å². The number of rotatable bonds is 3. The van der Waals surface area contributed by atoms with Crippen molar-refractivity contribution in [2.45, 2.75) is 12.8 Å². The molecule has 3 amide bonds. The van der Waals surface area contributed by atoms with Gasteiger partial charge in [-0.1, -0.05) is 0 Å². The number of ether oxygens (including phenoxy) is 1. The summed E-state index contributed by atoms with van der Waals surface area (Å²) in [4.78, 5) is 27.7. The van der Waals surface area contributed by atoms with Crippen LogP contribution < -0.4 is 10.1 Å². The van der Waals surface area contributed by atoms with Crippen molar-refractivity contribution in [3.8, 4) is 11.8 Å². The van der Waals surface area contributed by atoms with Gasteiger partial charge in [-0.25, -0.2) is 4.79 Å². The van der Waals surface area contributed by atoms with Crippen molar-refractivity contribution in [3.05, 3.63) is 23.8 Å². The van der Waals surface area contributed by atoms with E-state index in [1.807, 2.05) is 0 Å². The summed E-state index contributed by atoms with van der Waals surface area (Å²) in [5.41, 5.74) is 0.902. The van der Waals surface area contributed by atoms with E-state index in [0.717, 1.165) is 12.8 Å². The van der Waals surface area contributed by atoms with Gasteiger partial charge in [-0.3, -0.25) is 4.79 Å². The molecule has 0 aliphatic carbocycles. The average molecular weight is 330 g/mol. The lowest BCUT2D eigenvalue weighted by atomic mass is 10.0. The van der Waals surface area contributed by atoms with Gasteiger partial charge in [0.05, 0.1) is 24.7 Å². The van der Waals surface area contributed by atoms with E-state index in [1.54, 1.807) is 37.2 Å². The zero-order valence-corrected chi connectivity index (χ0v) is 14.2. The number of anilines is 1. The van der Waals surface area contributed by atoms with Crippen LogP contribution in [-0.4, -0.2) is 56.0 Å². The molecule has 7 heteroatoms. The first kappa shape index (κ1) is 17.6. The highest BCUT2D eigenvalue weighted by Crippen LogP contribution is 2.24. The highest BCUT2D eigenvalue weighted by molar-refractivity contribution is 5.99. The van der Waals surface area contributed by atoms with E-state index < -0.39 is 0 Å². The molecular formula is C17H22N4O3. The first-order valence-corrected chi connectivity index (χ1v) is 7.81. The molecule has 1 N–H and O–H groups in total. The lowest BCUT2D eigenvalue weighted by Crippen LogP contribution is -2.42. The number of likely N-dealkylation sites (tertiary alicyclic amines) is 1. The number of methoxy groups -OCH3 is 1. The minimum absolute atomic E-state index is 0.119. The Morgan fingerprint density at radius 2 is 2.17 bits per heavy atom. The van der Waals surface area contributed by atoms with Crippen LogP contribution in [0.25, 0.3) is 0 Å². The van der Waals surface area contributed by atoms with E-state index in [4.69, 9.17) is 10.00 Å². The third-order valence-corrected chi connectivity index (χ3v) is 3.98. The van der Waals surface area contributed by atoms with Gasteiger partial charge in [-0.05, 0) is 31.0 Å². The summed E-state index contributed by atoms with van der Waals surface area (Å²) in [5.74, 6) is 0.130. The Hall–Kier alpha value is -2.75. The molecule has 1 aliphatic heterocycles. The Morgan fingerprint density at radius 3 is 2.79 bits per heavy atom.